The van der Waals surface area contributed by atoms with Crippen molar-refractivity contribution in [3.05, 3.63) is 65.5 Å². The monoisotopic (exact) mass is 323 g/mol. The molecule has 5 nitrogen and oxygen atoms in total. The molecule has 0 saturated heterocycles. The lowest BCUT2D eigenvalue weighted by molar-refractivity contribution is 0.0934. The van der Waals surface area contributed by atoms with Crippen LogP contribution in [0, 0.1) is 13.8 Å². The number of aryl methyl sites for hydroxylation is 2. The number of nitrogens with zero attached hydrogens (tertiary/aromatic N) is 2. The van der Waals surface area contributed by atoms with Gasteiger partial charge in [0.1, 0.15) is 11.9 Å². The number of aromatic nitrogens is 2. The summed E-state index contributed by atoms with van der Waals surface area (Å²) in [5.74, 6) is 0.665. The minimum absolute atomic E-state index is 0.126. The lowest BCUT2D eigenvalue weighted by atomic mass is 10.2. The predicted octanol–water partition coefficient (Wildman–Crippen LogP) is 3.15. The van der Waals surface area contributed by atoms with Gasteiger partial charge in [-0.15, -0.1) is 0 Å². The molecule has 0 radical (unpaired) electrons. The number of pyridine rings is 1. The molecule has 5 heteroatoms. The van der Waals surface area contributed by atoms with E-state index in [1.807, 2.05) is 63.4 Å². The number of carbonyl (C=O) groups excluding carboxylic acids is 1. The van der Waals surface area contributed by atoms with Gasteiger partial charge >= 0.3 is 0 Å². The van der Waals surface area contributed by atoms with Gasteiger partial charge in [-0.05, 0) is 56.2 Å². The first-order valence-electron chi connectivity index (χ1n) is 7.98. The van der Waals surface area contributed by atoms with Gasteiger partial charge in [0.15, 0.2) is 0 Å². The third-order valence-corrected chi connectivity index (χ3v) is 3.80. The molecule has 1 atom stereocenters. The van der Waals surface area contributed by atoms with Gasteiger partial charge in [-0.1, -0.05) is 12.1 Å². The van der Waals surface area contributed by atoms with E-state index < -0.39 is 0 Å². The van der Waals surface area contributed by atoms with Crippen molar-refractivity contribution in [2.75, 3.05) is 6.54 Å². The summed E-state index contributed by atoms with van der Waals surface area (Å²) < 4.78 is 7.54. The molecule has 24 heavy (non-hydrogen) atoms. The fourth-order valence-corrected chi connectivity index (χ4v) is 2.56. The van der Waals surface area contributed by atoms with Crippen molar-refractivity contribution in [3.8, 4) is 5.75 Å². The zero-order chi connectivity index (χ0) is 17.1. The van der Waals surface area contributed by atoms with Crippen LogP contribution in [0.2, 0.25) is 0 Å². The first kappa shape index (κ1) is 16.1. The van der Waals surface area contributed by atoms with Gasteiger partial charge in [0.05, 0.1) is 23.8 Å². The molecule has 0 fully saturated rings. The van der Waals surface area contributed by atoms with E-state index in [2.05, 4.69) is 10.4 Å². The van der Waals surface area contributed by atoms with E-state index in [0.717, 1.165) is 22.4 Å². The van der Waals surface area contributed by atoms with Crippen LogP contribution in [0.4, 0.5) is 0 Å². The summed E-state index contributed by atoms with van der Waals surface area (Å²) in [7, 11) is 0. The summed E-state index contributed by atoms with van der Waals surface area (Å²) in [6.07, 6.45) is 3.32. The fourth-order valence-electron chi connectivity index (χ4n) is 2.56. The number of carbonyl (C=O) groups is 1. The van der Waals surface area contributed by atoms with Crippen molar-refractivity contribution in [2.24, 2.45) is 0 Å². The summed E-state index contributed by atoms with van der Waals surface area (Å²) in [5.41, 5.74) is 3.61. The number of rotatable bonds is 5. The van der Waals surface area contributed by atoms with E-state index in [0.29, 0.717) is 12.1 Å². The largest absolute Gasteiger partial charge is 0.489 e. The number of benzene rings is 1. The summed E-state index contributed by atoms with van der Waals surface area (Å²) in [5, 5.41) is 7.12. The standard InChI is InChI=1S/C19H21N3O2/c1-13-5-4-6-16(9-13)24-15(3)11-20-19(23)17-12-21-22-8-7-14(2)10-18(17)22/h4-10,12,15H,11H2,1-3H3,(H,20,23). The Morgan fingerprint density at radius 2 is 2.04 bits per heavy atom. The SMILES string of the molecule is Cc1cccc(OC(C)CNC(=O)c2cnn3ccc(C)cc23)c1. The Morgan fingerprint density at radius 1 is 1.25 bits per heavy atom. The molecule has 0 aliphatic heterocycles. The minimum Gasteiger partial charge on any atom is -0.489 e. The molecule has 2 aromatic heterocycles. The third kappa shape index (κ3) is 3.56. The van der Waals surface area contributed by atoms with Gasteiger partial charge in [-0.3, -0.25) is 4.79 Å². The summed E-state index contributed by atoms with van der Waals surface area (Å²) in [6.45, 7) is 6.37. The Bertz CT molecular complexity index is 870. The van der Waals surface area contributed by atoms with Crippen LogP contribution >= 0.6 is 0 Å². The fraction of sp³-hybridized carbons (Fsp3) is 0.263. The van der Waals surface area contributed by atoms with Crippen molar-refractivity contribution in [1.29, 1.82) is 0 Å². The minimum atomic E-state index is -0.143. The number of hydrogen-bond donors (Lipinski definition) is 1. The smallest absolute Gasteiger partial charge is 0.255 e. The molecule has 0 aliphatic carbocycles. The van der Waals surface area contributed by atoms with Crippen LogP contribution in [-0.4, -0.2) is 28.2 Å². The average Bonchev–Trinajstić information content (AvgIpc) is 2.95. The first-order chi connectivity index (χ1) is 11.5. The number of hydrogen-bond acceptors (Lipinski definition) is 3. The molecule has 1 aromatic carbocycles. The molecule has 3 aromatic rings. The van der Waals surface area contributed by atoms with E-state index in [-0.39, 0.29) is 12.0 Å². The van der Waals surface area contributed by atoms with Gasteiger partial charge in [-0.25, -0.2) is 4.52 Å². The van der Waals surface area contributed by atoms with Crippen LogP contribution < -0.4 is 10.1 Å². The van der Waals surface area contributed by atoms with Crippen molar-refractivity contribution in [2.45, 2.75) is 26.9 Å². The molecule has 124 valence electrons. The molecular formula is C19H21N3O2. The average molecular weight is 323 g/mol. The van der Waals surface area contributed by atoms with E-state index in [1.165, 1.54) is 0 Å². The maximum atomic E-state index is 12.4. The Labute approximate surface area is 141 Å². The number of fused-ring (bicyclic) bond motifs is 1. The van der Waals surface area contributed by atoms with Gasteiger partial charge in [0, 0.05) is 6.20 Å². The maximum Gasteiger partial charge on any atom is 0.255 e. The van der Waals surface area contributed by atoms with E-state index in [1.54, 1.807) is 10.7 Å². The van der Waals surface area contributed by atoms with Crippen LogP contribution in [0.3, 0.4) is 0 Å². The highest BCUT2D eigenvalue weighted by Crippen LogP contribution is 2.15. The molecule has 0 aliphatic rings. The molecular weight excluding hydrogens is 302 g/mol. The van der Waals surface area contributed by atoms with Crippen LogP contribution in [0.1, 0.15) is 28.4 Å². The third-order valence-electron chi connectivity index (χ3n) is 3.80. The highest BCUT2D eigenvalue weighted by atomic mass is 16.5. The second-order valence-corrected chi connectivity index (χ2v) is 6.05. The molecule has 0 bridgehead atoms. The summed E-state index contributed by atoms with van der Waals surface area (Å²) in [6, 6.07) is 11.8. The van der Waals surface area contributed by atoms with Crippen molar-refractivity contribution < 1.29 is 9.53 Å². The van der Waals surface area contributed by atoms with E-state index in [4.69, 9.17) is 4.74 Å². The van der Waals surface area contributed by atoms with Crippen LogP contribution in [-0.2, 0) is 0 Å². The number of ether oxygens (including phenoxy) is 1. The summed E-state index contributed by atoms with van der Waals surface area (Å²) >= 11 is 0. The highest BCUT2D eigenvalue weighted by Gasteiger charge is 2.14. The zero-order valence-electron chi connectivity index (χ0n) is 14.1. The van der Waals surface area contributed by atoms with Crippen LogP contribution in [0.15, 0.2) is 48.8 Å². The number of amides is 1. The molecule has 2 heterocycles. The van der Waals surface area contributed by atoms with Crippen LogP contribution in [0.5, 0.6) is 5.75 Å². The molecule has 0 spiro atoms. The van der Waals surface area contributed by atoms with E-state index in [9.17, 15) is 4.79 Å². The van der Waals surface area contributed by atoms with Crippen molar-refractivity contribution >= 4 is 11.4 Å². The predicted molar refractivity (Wildman–Crippen MR) is 93.5 cm³/mol. The lowest BCUT2D eigenvalue weighted by Crippen LogP contribution is -2.33. The number of nitrogens with one attached hydrogen (secondary N) is 1. The van der Waals surface area contributed by atoms with Crippen LogP contribution in [0.25, 0.3) is 5.52 Å². The molecule has 3 rings (SSSR count). The Kier molecular flexibility index (Phi) is 4.51. The molecule has 0 saturated carbocycles. The first-order valence-corrected chi connectivity index (χ1v) is 7.98. The molecule has 1 amide bonds. The highest BCUT2D eigenvalue weighted by molar-refractivity contribution is 6.00. The normalized spacial score (nSPS) is 12.1. The van der Waals surface area contributed by atoms with E-state index >= 15 is 0 Å². The molecule has 1 N–H and O–H groups in total. The Hall–Kier alpha value is -2.82. The van der Waals surface area contributed by atoms with Gasteiger partial charge in [-0.2, -0.15) is 5.10 Å². The zero-order valence-corrected chi connectivity index (χ0v) is 14.1. The topological polar surface area (TPSA) is 55.6 Å². The maximum absolute atomic E-state index is 12.4. The Balaban J connectivity index is 1.63. The van der Waals surface area contributed by atoms with Crippen molar-refractivity contribution in [1.82, 2.24) is 14.9 Å². The second-order valence-electron chi connectivity index (χ2n) is 6.05. The Morgan fingerprint density at radius 3 is 2.83 bits per heavy atom. The van der Waals surface area contributed by atoms with Crippen molar-refractivity contribution in [3.63, 3.8) is 0 Å². The molecule has 1 unspecified atom stereocenters. The van der Waals surface area contributed by atoms with Gasteiger partial charge in [0.2, 0.25) is 0 Å². The lowest BCUT2D eigenvalue weighted by Gasteiger charge is -2.15. The second kappa shape index (κ2) is 6.74. The van der Waals surface area contributed by atoms with Gasteiger partial charge in [0.25, 0.3) is 5.91 Å². The summed E-state index contributed by atoms with van der Waals surface area (Å²) in [4.78, 5) is 12.4. The quantitative estimate of drug-likeness (QED) is 0.785. The van der Waals surface area contributed by atoms with Gasteiger partial charge < -0.3 is 10.1 Å².